The molecule has 1 fully saturated rings. The molecule has 2 aromatic rings. The molecule has 2 N–H and O–H groups in total. The van der Waals surface area contributed by atoms with Crippen LogP contribution in [0.4, 0.5) is 5.69 Å². The van der Waals surface area contributed by atoms with Gasteiger partial charge in [-0.2, -0.15) is 0 Å². The lowest BCUT2D eigenvalue weighted by Gasteiger charge is -2.31. The number of carbonyl (C=O) groups excluding carboxylic acids is 1. The Morgan fingerprint density at radius 1 is 1.14 bits per heavy atom. The number of carbonyl (C=O) groups is 1. The molecule has 0 aliphatic carbocycles. The van der Waals surface area contributed by atoms with Crippen molar-refractivity contribution in [1.29, 1.82) is 0 Å². The summed E-state index contributed by atoms with van der Waals surface area (Å²) in [5.41, 5.74) is -0.0183. The molecule has 28 heavy (non-hydrogen) atoms. The molecule has 0 bridgehead atoms. The zero-order valence-corrected chi connectivity index (χ0v) is 17.0. The number of likely N-dealkylation sites (tertiary alicyclic amines) is 1. The number of aromatic nitrogens is 1. The summed E-state index contributed by atoms with van der Waals surface area (Å²) in [6.07, 6.45) is 5.32. The maximum absolute atomic E-state index is 12.9. The largest absolute Gasteiger partial charge is 0.346 e. The average molecular weight is 403 g/mol. The van der Waals surface area contributed by atoms with Gasteiger partial charge in [-0.3, -0.25) is 14.5 Å². The Kier molecular flexibility index (Phi) is 6.00. The smallest absolute Gasteiger partial charge is 0.262 e. The molecule has 0 unspecified atom stereocenters. The van der Waals surface area contributed by atoms with Crippen LogP contribution in [0.1, 0.15) is 37.0 Å². The first kappa shape index (κ1) is 20.3. The lowest BCUT2D eigenvalue weighted by molar-refractivity contribution is 0.0890. The molecule has 1 aliphatic heterocycles. The van der Waals surface area contributed by atoms with E-state index in [4.69, 9.17) is 0 Å². The first-order valence-electron chi connectivity index (χ1n) is 9.34. The first-order valence-corrected chi connectivity index (χ1v) is 10.8. The van der Waals surface area contributed by atoms with Crippen LogP contribution in [0.3, 0.4) is 0 Å². The van der Waals surface area contributed by atoms with Crippen LogP contribution in [0.2, 0.25) is 0 Å². The van der Waals surface area contributed by atoms with Gasteiger partial charge in [0.05, 0.1) is 17.4 Å². The van der Waals surface area contributed by atoms with Crippen molar-refractivity contribution in [1.82, 2.24) is 15.2 Å². The lowest BCUT2D eigenvalue weighted by atomic mass is 10.0. The molecule has 0 saturated carbocycles. The van der Waals surface area contributed by atoms with Crippen molar-refractivity contribution in [2.75, 3.05) is 24.4 Å². The summed E-state index contributed by atoms with van der Waals surface area (Å²) in [7, 11) is -3.93. The number of hydrogen-bond donors (Lipinski definition) is 2. The molecule has 2 heterocycles. The summed E-state index contributed by atoms with van der Waals surface area (Å²) < 4.78 is 28.2. The van der Waals surface area contributed by atoms with Crippen LogP contribution >= 0.6 is 0 Å². The van der Waals surface area contributed by atoms with Gasteiger partial charge < -0.3 is 10.2 Å². The molecule has 1 aromatic carbocycles. The van der Waals surface area contributed by atoms with E-state index in [1.807, 2.05) is 13.8 Å². The van der Waals surface area contributed by atoms with Gasteiger partial charge in [0.15, 0.2) is 0 Å². The summed E-state index contributed by atoms with van der Waals surface area (Å²) in [4.78, 5) is 19.1. The van der Waals surface area contributed by atoms with Crippen LogP contribution in [-0.4, -0.2) is 49.4 Å². The van der Waals surface area contributed by atoms with E-state index in [-0.39, 0.29) is 10.5 Å². The number of anilines is 1. The van der Waals surface area contributed by atoms with E-state index < -0.39 is 21.5 Å². The van der Waals surface area contributed by atoms with Gasteiger partial charge in [0.2, 0.25) is 0 Å². The molecular weight excluding hydrogens is 376 g/mol. The SMILES string of the molecule is CC(C)(CN1CCCC1)NC(=O)c1ccccc1S(=O)(=O)Nc1cccnc1. The molecule has 1 amide bonds. The van der Waals surface area contributed by atoms with Gasteiger partial charge in [-0.15, -0.1) is 0 Å². The van der Waals surface area contributed by atoms with Crippen molar-refractivity contribution in [2.24, 2.45) is 0 Å². The molecule has 1 aromatic heterocycles. The van der Waals surface area contributed by atoms with Crippen LogP contribution in [0.15, 0.2) is 53.7 Å². The molecule has 1 saturated heterocycles. The number of rotatable bonds is 7. The van der Waals surface area contributed by atoms with Crippen LogP contribution in [0, 0.1) is 0 Å². The number of amides is 1. The van der Waals surface area contributed by atoms with E-state index in [0.29, 0.717) is 5.69 Å². The van der Waals surface area contributed by atoms with E-state index in [1.165, 1.54) is 31.2 Å². The van der Waals surface area contributed by atoms with Crippen LogP contribution < -0.4 is 10.0 Å². The van der Waals surface area contributed by atoms with E-state index in [1.54, 1.807) is 30.5 Å². The van der Waals surface area contributed by atoms with E-state index in [9.17, 15) is 13.2 Å². The predicted molar refractivity (Wildman–Crippen MR) is 109 cm³/mol. The number of pyridine rings is 1. The van der Waals surface area contributed by atoms with Gasteiger partial charge in [0.25, 0.3) is 15.9 Å². The highest BCUT2D eigenvalue weighted by atomic mass is 32.2. The van der Waals surface area contributed by atoms with Gasteiger partial charge in [0, 0.05) is 18.3 Å². The lowest BCUT2D eigenvalue weighted by Crippen LogP contribution is -2.51. The van der Waals surface area contributed by atoms with Crippen molar-refractivity contribution >= 4 is 21.6 Å². The van der Waals surface area contributed by atoms with Crippen molar-refractivity contribution in [3.05, 3.63) is 54.4 Å². The van der Waals surface area contributed by atoms with Gasteiger partial charge in [-0.05, 0) is 64.0 Å². The number of hydrogen-bond acceptors (Lipinski definition) is 5. The number of nitrogens with zero attached hydrogens (tertiary/aromatic N) is 2. The number of sulfonamides is 1. The summed E-state index contributed by atoms with van der Waals surface area (Å²) >= 11 is 0. The zero-order valence-electron chi connectivity index (χ0n) is 16.2. The third-order valence-electron chi connectivity index (χ3n) is 4.60. The quantitative estimate of drug-likeness (QED) is 0.742. The topological polar surface area (TPSA) is 91.4 Å². The molecule has 7 nitrogen and oxygen atoms in total. The standard InChI is InChI=1S/C20H26N4O3S/c1-20(2,15-24-12-5-6-13-24)22-19(25)17-9-3-4-10-18(17)28(26,27)23-16-8-7-11-21-14-16/h3-4,7-11,14,23H,5-6,12-13,15H2,1-2H3,(H,22,25). The Balaban J connectivity index is 1.80. The Hall–Kier alpha value is -2.45. The van der Waals surface area contributed by atoms with Crippen molar-refractivity contribution in [3.8, 4) is 0 Å². The van der Waals surface area contributed by atoms with Gasteiger partial charge in [0.1, 0.15) is 4.90 Å². The van der Waals surface area contributed by atoms with E-state index >= 15 is 0 Å². The van der Waals surface area contributed by atoms with Gasteiger partial charge in [-0.25, -0.2) is 8.42 Å². The number of nitrogens with one attached hydrogen (secondary N) is 2. The second-order valence-corrected chi connectivity index (χ2v) is 9.32. The highest BCUT2D eigenvalue weighted by molar-refractivity contribution is 7.92. The molecule has 0 radical (unpaired) electrons. The third kappa shape index (κ3) is 5.08. The first-order chi connectivity index (χ1) is 13.3. The normalized spacial score (nSPS) is 15.4. The summed E-state index contributed by atoms with van der Waals surface area (Å²) in [5.74, 6) is -0.406. The maximum Gasteiger partial charge on any atom is 0.262 e. The van der Waals surface area contributed by atoms with Crippen LogP contribution in [0.25, 0.3) is 0 Å². The average Bonchev–Trinajstić information content (AvgIpc) is 3.14. The molecule has 0 spiro atoms. The Labute approximate surface area is 166 Å². The molecular formula is C20H26N4O3S. The van der Waals surface area contributed by atoms with Crippen LogP contribution in [-0.2, 0) is 10.0 Å². The van der Waals surface area contributed by atoms with Crippen molar-refractivity contribution < 1.29 is 13.2 Å². The zero-order chi connectivity index (χ0) is 20.2. The maximum atomic E-state index is 12.9. The third-order valence-corrected chi connectivity index (χ3v) is 6.04. The second-order valence-electron chi connectivity index (χ2n) is 7.66. The number of benzene rings is 1. The van der Waals surface area contributed by atoms with Gasteiger partial charge in [-0.1, -0.05) is 12.1 Å². The predicted octanol–water partition coefficient (Wildman–Crippen LogP) is 2.49. The molecule has 8 heteroatoms. The highest BCUT2D eigenvalue weighted by Crippen LogP contribution is 2.20. The second kappa shape index (κ2) is 8.28. The van der Waals surface area contributed by atoms with Crippen molar-refractivity contribution in [3.63, 3.8) is 0 Å². The van der Waals surface area contributed by atoms with Gasteiger partial charge >= 0.3 is 0 Å². The van der Waals surface area contributed by atoms with E-state index in [0.717, 1.165) is 19.6 Å². The minimum absolute atomic E-state index is 0.0617. The molecule has 3 rings (SSSR count). The molecule has 1 aliphatic rings. The fourth-order valence-electron chi connectivity index (χ4n) is 3.44. The fourth-order valence-corrected chi connectivity index (χ4v) is 4.68. The van der Waals surface area contributed by atoms with Crippen molar-refractivity contribution in [2.45, 2.75) is 37.1 Å². The Bertz CT molecular complexity index is 923. The highest BCUT2D eigenvalue weighted by Gasteiger charge is 2.28. The Morgan fingerprint density at radius 2 is 1.86 bits per heavy atom. The Morgan fingerprint density at radius 3 is 2.54 bits per heavy atom. The summed E-state index contributed by atoms with van der Waals surface area (Å²) in [6, 6.07) is 9.46. The summed E-state index contributed by atoms with van der Waals surface area (Å²) in [5, 5.41) is 2.99. The summed E-state index contributed by atoms with van der Waals surface area (Å²) in [6.45, 7) is 6.68. The molecule has 0 atom stereocenters. The molecule has 150 valence electrons. The van der Waals surface area contributed by atoms with E-state index in [2.05, 4.69) is 19.9 Å². The van der Waals surface area contributed by atoms with Crippen LogP contribution in [0.5, 0.6) is 0 Å². The monoisotopic (exact) mass is 402 g/mol. The minimum Gasteiger partial charge on any atom is -0.346 e. The fraction of sp³-hybridized carbons (Fsp3) is 0.400. The minimum atomic E-state index is -3.93.